The van der Waals surface area contributed by atoms with Crippen molar-refractivity contribution in [1.82, 2.24) is 10.6 Å². The van der Waals surface area contributed by atoms with Crippen LogP contribution in [0.1, 0.15) is 43.2 Å². The lowest BCUT2D eigenvalue weighted by Crippen LogP contribution is -2.51. The average molecular weight is 478 g/mol. The van der Waals surface area contributed by atoms with E-state index in [0.717, 1.165) is 22.3 Å². The van der Waals surface area contributed by atoms with E-state index >= 15 is 0 Å². The molecule has 10 heteroatoms. The van der Waals surface area contributed by atoms with Gasteiger partial charge in [-0.05, 0) is 28.7 Å². The Morgan fingerprint density at radius 3 is 2.06 bits per heavy atom. The van der Waals surface area contributed by atoms with E-state index in [-0.39, 0.29) is 18.9 Å². The number of fused-ring (bicyclic) bond motifs is 3. The Morgan fingerprint density at radius 1 is 1.00 bits per heavy atom. The molecule has 0 radical (unpaired) electrons. The van der Waals surface area contributed by atoms with Crippen LogP contribution in [0.5, 0.6) is 0 Å². The summed E-state index contributed by atoms with van der Waals surface area (Å²) in [6.45, 7) is 1.46. The Hall–Kier alpha value is -3.56. The number of alkyl halides is 3. The molecule has 0 saturated heterocycles. The van der Waals surface area contributed by atoms with Crippen molar-refractivity contribution in [3.8, 4) is 11.1 Å². The Labute approximate surface area is 194 Å². The third kappa shape index (κ3) is 6.27. The van der Waals surface area contributed by atoms with Crippen LogP contribution < -0.4 is 10.6 Å². The number of ether oxygens (including phenoxy) is 1. The van der Waals surface area contributed by atoms with Gasteiger partial charge in [0.1, 0.15) is 12.6 Å². The zero-order chi connectivity index (χ0) is 24.9. The van der Waals surface area contributed by atoms with Gasteiger partial charge in [-0.2, -0.15) is 13.2 Å². The van der Waals surface area contributed by atoms with Crippen LogP contribution >= 0.6 is 0 Å². The van der Waals surface area contributed by atoms with E-state index < -0.39 is 49.1 Å². The molecule has 34 heavy (non-hydrogen) atoms. The summed E-state index contributed by atoms with van der Waals surface area (Å²) in [5.74, 6) is -2.63. The largest absolute Gasteiger partial charge is 0.481 e. The molecule has 2 aromatic rings. The normalized spacial score (nSPS) is 14.5. The molecular weight excluding hydrogens is 453 g/mol. The summed E-state index contributed by atoms with van der Waals surface area (Å²) in [6.07, 6.45) is -7.79. The van der Waals surface area contributed by atoms with Gasteiger partial charge < -0.3 is 20.5 Å². The summed E-state index contributed by atoms with van der Waals surface area (Å²) < 4.78 is 44.4. The maximum absolute atomic E-state index is 13.0. The fraction of sp³-hybridized carbons (Fsp3) is 0.375. The Morgan fingerprint density at radius 2 is 1.56 bits per heavy atom. The third-order valence-electron chi connectivity index (χ3n) is 5.65. The lowest BCUT2D eigenvalue weighted by molar-refractivity contribution is -0.149. The molecule has 7 nitrogen and oxygen atoms in total. The maximum atomic E-state index is 13.0. The molecule has 0 bridgehead atoms. The van der Waals surface area contributed by atoms with Crippen LogP contribution in [0, 0.1) is 0 Å². The van der Waals surface area contributed by atoms with Crippen molar-refractivity contribution >= 4 is 18.0 Å². The average Bonchev–Trinajstić information content (AvgIpc) is 3.09. The predicted molar refractivity (Wildman–Crippen MR) is 117 cm³/mol. The van der Waals surface area contributed by atoms with Crippen LogP contribution in [0.25, 0.3) is 11.1 Å². The number of benzene rings is 2. The second kappa shape index (κ2) is 10.6. The number of alkyl carbamates (subject to hydrolysis) is 1. The molecule has 0 saturated carbocycles. The first-order chi connectivity index (χ1) is 16.1. The van der Waals surface area contributed by atoms with Gasteiger partial charge >= 0.3 is 18.2 Å². The van der Waals surface area contributed by atoms with E-state index in [9.17, 15) is 27.6 Å². The molecule has 0 aliphatic heterocycles. The summed E-state index contributed by atoms with van der Waals surface area (Å²) in [5, 5.41) is 13.1. The molecule has 2 unspecified atom stereocenters. The molecule has 0 aromatic heterocycles. The summed E-state index contributed by atoms with van der Waals surface area (Å²) in [7, 11) is 0. The smallest absolute Gasteiger partial charge is 0.407 e. The van der Waals surface area contributed by atoms with Gasteiger partial charge in [0.25, 0.3) is 0 Å². The van der Waals surface area contributed by atoms with Crippen molar-refractivity contribution in [2.24, 2.45) is 0 Å². The lowest BCUT2D eigenvalue weighted by atomic mass is 9.98. The first-order valence-electron chi connectivity index (χ1n) is 10.8. The lowest BCUT2D eigenvalue weighted by Gasteiger charge is -2.23. The SMILES string of the molecule is CCC(CC(=O)O)NC(=O)C(CC(F)(F)F)NC(=O)OCC1c2ccccc2-c2ccccc21. The molecule has 2 amide bonds. The number of carbonyl (C=O) groups excluding carboxylic acids is 2. The maximum Gasteiger partial charge on any atom is 0.407 e. The van der Waals surface area contributed by atoms with Crippen molar-refractivity contribution < 1.29 is 37.4 Å². The van der Waals surface area contributed by atoms with E-state index in [4.69, 9.17) is 9.84 Å². The molecular formula is C24H25F3N2O5. The van der Waals surface area contributed by atoms with E-state index in [1.165, 1.54) is 0 Å². The highest BCUT2D eigenvalue weighted by molar-refractivity contribution is 5.86. The number of carbonyl (C=O) groups is 3. The van der Waals surface area contributed by atoms with Crippen molar-refractivity contribution in [2.75, 3.05) is 6.61 Å². The number of amides is 2. The molecule has 182 valence electrons. The Balaban J connectivity index is 1.68. The first-order valence-corrected chi connectivity index (χ1v) is 10.8. The van der Waals surface area contributed by atoms with Crippen molar-refractivity contribution in [3.63, 3.8) is 0 Å². The second-order valence-corrected chi connectivity index (χ2v) is 8.05. The predicted octanol–water partition coefficient (Wildman–Crippen LogP) is 4.22. The number of hydrogen-bond donors (Lipinski definition) is 3. The van der Waals surface area contributed by atoms with Gasteiger partial charge in [0.05, 0.1) is 12.8 Å². The van der Waals surface area contributed by atoms with Crippen molar-refractivity contribution in [3.05, 3.63) is 59.7 Å². The fourth-order valence-electron chi connectivity index (χ4n) is 4.03. The Kier molecular flexibility index (Phi) is 7.80. The van der Waals surface area contributed by atoms with E-state index in [1.54, 1.807) is 6.92 Å². The molecule has 0 fully saturated rings. The van der Waals surface area contributed by atoms with Crippen LogP contribution in [0.3, 0.4) is 0 Å². The van der Waals surface area contributed by atoms with Gasteiger partial charge in [0, 0.05) is 12.0 Å². The molecule has 0 spiro atoms. The molecule has 2 aromatic carbocycles. The molecule has 1 aliphatic rings. The fourth-order valence-corrected chi connectivity index (χ4v) is 4.03. The quantitative estimate of drug-likeness (QED) is 0.501. The number of aliphatic carboxylic acids is 1. The first kappa shape index (κ1) is 25.1. The number of carboxylic acid groups (broad SMARTS) is 1. The van der Waals surface area contributed by atoms with Crippen LogP contribution in [-0.2, 0) is 14.3 Å². The molecule has 2 atom stereocenters. The van der Waals surface area contributed by atoms with Crippen LogP contribution in [0.15, 0.2) is 48.5 Å². The molecule has 3 N–H and O–H groups in total. The van der Waals surface area contributed by atoms with E-state index in [0.29, 0.717) is 0 Å². The number of nitrogens with one attached hydrogen (secondary N) is 2. The second-order valence-electron chi connectivity index (χ2n) is 8.05. The minimum Gasteiger partial charge on any atom is -0.481 e. The summed E-state index contributed by atoms with van der Waals surface area (Å²) >= 11 is 0. The Bertz CT molecular complexity index is 1010. The summed E-state index contributed by atoms with van der Waals surface area (Å²) in [6, 6.07) is 12.3. The van der Waals surface area contributed by atoms with Crippen LogP contribution in [-0.4, -0.2) is 47.9 Å². The number of rotatable bonds is 9. The minimum atomic E-state index is -4.74. The minimum absolute atomic E-state index is 0.128. The van der Waals surface area contributed by atoms with Crippen molar-refractivity contribution in [1.29, 1.82) is 0 Å². The number of carboxylic acids is 1. The van der Waals surface area contributed by atoms with Crippen LogP contribution in [0.4, 0.5) is 18.0 Å². The zero-order valence-electron chi connectivity index (χ0n) is 18.4. The van der Waals surface area contributed by atoms with E-state index in [2.05, 4.69) is 5.32 Å². The van der Waals surface area contributed by atoms with Gasteiger partial charge in [-0.1, -0.05) is 55.5 Å². The highest BCUT2D eigenvalue weighted by atomic mass is 19.4. The highest BCUT2D eigenvalue weighted by Gasteiger charge is 2.37. The number of halogens is 3. The zero-order valence-corrected chi connectivity index (χ0v) is 18.4. The monoisotopic (exact) mass is 478 g/mol. The van der Waals surface area contributed by atoms with Gasteiger partial charge in [-0.15, -0.1) is 0 Å². The molecule has 0 heterocycles. The van der Waals surface area contributed by atoms with Gasteiger partial charge in [-0.25, -0.2) is 4.79 Å². The summed E-state index contributed by atoms with van der Waals surface area (Å²) in [5.41, 5.74) is 3.84. The van der Waals surface area contributed by atoms with Crippen molar-refractivity contribution in [2.45, 2.75) is 50.4 Å². The van der Waals surface area contributed by atoms with Gasteiger partial charge in [-0.3, -0.25) is 9.59 Å². The van der Waals surface area contributed by atoms with E-state index in [1.807, 2.05) is 53.8 Å². The summed E-state index contributed by atoms with van der Waals surface area (Å²) in [4.78, 5) is 35.7. The van der Waals surface area contributed by atoms with Crippen LogP contribution in [0.2, 0.25) is 0 Å². The number of hydrogen-bond acceptors (Lipinski definition) is 4. The van der Waals surface area contributed by atoms with Gasteiger partial charge in [0.2, 0.25) is 5.91 Å². The molecule has 1 aliphatic carbocycles. The van der Waals surface area contributed by atoms with Gasteiger partial charge in [0.15, 0.2) is 0 Å². The standard InChI is InChI=1S/C24H25F3N2O5/c1-2-14(11-21(30)31)28-22(32)20(12-24(25,26)27)29-23(33)34-13-19-17-9-5-3-7-15(17)16-8-4-6-10-18(16)19/h3-10,14,19-20H,2,11-13H2,1H3,(H,28,32)(H,29,33)(H,30,31). The third-order valence-corrected chi connectivity index (χ3v) is 5.65. The highest BCUT2D eigenvalue weighted by Crippen LogP contribution is 2.44. The molecule has 3 rings (SSSR count). The topological polar surface area (TPSA) is 105 Å².